The SMILES string of the molecule is CCCS(=O)(=O)N1N=C(c2ccc(Cl)cc2)C[C@@H]1c1ccco1. The van der Waals surface area contributed by atoms with E-state index in [0.717, 1.165) is 5.56 Å². The van der Waals surface area contributed by atoms with E-state index in [1.54, 1.807) is 30.5 Å². The number of sulfonamides is 1. The monoisotopic (exact) mass is 352 g/mol. The topological polar surface area (TPSA) is 62.9 Å². The molecule has 5 nitrogen and oxygen atoms in total. The first-order valence-corrected chi connectivity index (χ1v) is 9.39. The van der Waals surface area contributed by atoms with Crippen molar-refractivity contribution in [1.82, 2.24) is 4.41 Å². The van der Waals surface area contributed by atoms with Crippen molar-refractivity contribution in [3.63, 3.8) is 0 Å². The summed E-state index contributed by atoms with van der Waals surface area (Å²) in [5.74, 6) is 0.652. The maximum absolute atomic E-state index is 12.5. The summed E-state index contributed by atoms with van der Waals surface area (Å²) in [4.78, 5) is 0. The molecular formula is C16H17ClN2O3S. The van der Waals surface area contributed by atoms with Crippen LogP contribution in [0.4, 0.5) is 0 Å². The van der Waals surface area contributed by atoms with Crippen molar-refractivity contribution < 1.29 is 12.8 Å². The molecule has 0 unspecified atom stereocenters. The van der Waals surface area contributed by atoms with E-state index in [1.807, 2.05) is 19.1 Å². The van der Waals surface area contributed by atoms with Gasteiger partial charge in [-0.05, 0) is 36.2 Å². The first-order valence-electron chi connectivity index (χ1n) is 7.40. The molecule has 0 saturated heterocycles. The molecule has 7 heteroatoms. The second kappa shape index (κ2) is 6.37. The maximum Gasteiger partial charge on any atom is 0.250 e. The van der Waals surface area contributed by atoms with E-state index in [1.165, 1.54) is 4.41 Å². The molecule has 0 saturated carbocycles. The van der Waals surface area contributed by atoms with Crippen LogP contribution in [0, 0.1) is 0 Å². The smallest absolute Gasteiger partial charge is 0.250 e. The number of nitrogens with zero attached hydrogens (tertiary/aromatic N) is 2. The minimum atomic E-state index is -3.47. The van der Waals surface area contributed by atoms with Crippen molar-refractivity contribution in [3.05, 3.63) is 59.0 Å². The van der Waals surface area contributed by atoms with Gasteiger partial charge in [-0.1, -0.05) is 30.7 Å². The Labute approximate surface area is 140 Å². The van der Waals surface area contributed by atoms with Crippen LogP contribution in [0.25, 0.3) is 0 Å². The highest BCUT2D eigenvalue weighted by Crippen LogP contribution is 2.35. The van der Waals surface area contributed by atoms with Crippen molar-refractivity contribution >= 4 is 27.3 Å². The fraction of sp³-hybridized carbons (Fsp3) is 0.312. The van der Waals surface area contributed by atoms with E-state index in [4.69, 9.17) is 16.0 Å². The quantitative estimate of drug-likeness (QED) is 0.821. The Balaban J connectivity index is 1.98. The molecule has 1 aliphatic rings. The van der Waals surface area contributed by atoms with Crippen LogP contribution < -0.4 is 0 Å². The van der Waals surface area contributed by atoms with Gasteiger partial charge >= 0.3 is 0 Å². The average Bonchev–Trinajstić information content (AvgIpc) is 3.17. The van der Waals surface area contributed by atoms with Crippen LogP contribution in [0.5, 0.6) is 0 Å². The van der Waals surface area contributed by atoms with Gasteiger partial charge in [0.25, 0.3) is 10.0 Å². The Hall–Kier alpha value is -1.79. The van der Waals surface area contributed by atoms with Gasteiger partial charge in [0.1, 0.15) is 11.8 Å². The Morgan fingerprint density at radius 2 is 2.04 bits per heavy atom. The fourth-order valence-corrected chi connectivity index (χ4v) is 4.22. The van der Waals surface area contributed by atoms with Crippen LogP contribution >= 0.6 is 11.6 Å². The molecule has 122 valence electrons. The minimum absolute atomic E-state index is 0.0571. The van der Waals surface area contributed by atoms with Gasteiger partial charge in [-0.2, -0.15) is 9.52 Å². The van der Waals surface area contributed by atoms with Gasteiger partial charge in [0.05, 0.1) is 17.7 Å². The number of furan rings is 1. The number of hydrogen-bond donors (Lipinski definition) is 0. The molecule has 1 atom stereocenters. The third-order valence-electron chi connectivity index (χ3n) is 3.67. The first-order chi connectivity index (χ1) is 11.0. The van der Waals surface area contributed by atoms with Crippen molar-refractivity contribution in [2.24, 2.45) is 5.10 Å². The van der Waals surface area contributed by atoms with Crippen molar-refractivity contribution in [3.8, 4) is 0 Å². The zero-order valence-electron chi connectivity index (χ0n) is 12.6. The highest BCUT2D eigenvalue weighted by Gasteiger charge is 2.37. The molecule has 1 aromatic heterocycles. The van der Waals surface area contributed by atoms with Gasteiger partial charge in [-0.15, -0.1) is 0 Å². The van der Waals surface area contributed by atoms with E-state index >= 15 is 0 Å². The molecular weight excluding hydrogens is 336 g/mol. The lowest BCUT2D eigenvalue weighted by molar-refractivity contribution is 0.320. The molecule has 0 spiro atoms. The lowest BCUT2D eigenvalue weighted by atomic mass is 10.0. The van der Waals surface area contributed by atoms with Crippen molar-refractivity contribution in [2.45, 2.75) is 25.8 Å². The molecule has 1 aromatic carbocycles. The van der Waals surface area contributed by atoms with Gasteiger partial charge in [-0.25, -0.2) is 8.42 Å². The molecule has 2 heterocycles. The van der Waals surface area contributed by atoms with Gasteiger partial charge in [0.15, 0.2) is 0 Å². The summed E-state index contributed by atoms with van der Waals surface area (Å²) in [6.45, 7) is 1.83. The van der Waals surface area contributed by atoms with E-state index in [9.17, 15) is 8.42 Å². The molecule has 3 rings (SSSR count). The van der Waals surface area contributed by atoms with E-state index in [2.05, 4.69) is 5.10 Å². The maximum atomic E-state index is 12.5. The summed E-state index contributed by atoms with van der Waals surface area (Å²) in [7, 11) is -3.47. The molecule has 0 aliphatic carbocycles. The second-order valence-electron chi connectivity index (χ2n) is 5.38. The number of benzene rings is 1. The summed E-state index contributed by atoms with van der Waals surface area (Å²) in [5.41, 5.74) is 1.57. The molecule has 0 fully saturated rings. The van der Waals surface area contributed by atoms with E-state index in [-0.39, 0.29) is 5.75 Å². The van der Waals surface area contributed by atoms with Gasteiger partial charge in [0, 0.05) is 11.4 Å². The van der Waals surface area contributed by atoms with Gasteiger partial charge in [-0.3, -0.25) is 0 Å². The lowest BCUT2D eigenvalue weighted by Gasteiger charge is -2.21. The van der Waals surface area contributed by atoms with Gasteiger partial charge in [0.2, 0.25) is 0 Å². The minimum Gasteiger partial charge on any atom is -0.467 e. The molecule has 1 aliphatic heterocycles. The Morgan fingerprint density at radius 3 is 2.65 bits per heavy atom. The highest BCUT2D eigenvalue weighted by atomic mass is 35.5. The Morgan fingerprint density at radius 1 is 1.30 bits per heavy atom. The lowest BCUT2D eigenvalue weighted by Crippen LogP contribution is -2.29. The molecule has 0 amide bonds. The third kappa shape index (κ3) is 3.28. The van der Waals surface area contributed by atoms with E-state index in [0.29, 0.717) is 29.3 Å². The van der Waals surface area contributed by atoms with Crippen LogP contribution in [0.3, 0.4) is 0 Å². The molecule has 23 heavy (non-hydrogen) atoms. The summed E-state index contributed by atoms with van der Waals surface area (Å²) in [5, 5.41) is 5.00. The Bertz CT molecular complexity index is 798. The van der Waals surface area contributed by atoms with Gasteiger partial charge < -0.3 is 4.42 Å². The van der Waals surface area contributed by atoms with Crippen LogP contribution in [0.2, 0.25) is 5.02 Å². The number of rotatable bonds is 5. The highest BCUT2D eigenvalue weighted by molar-refractivity contribution is 7.89. The van der Waals surface area contributed by atoms with Crippen LogP contribution in [0.15, 0.2) is 52.2 Å². The first kappa shape index (κ1) is 16.1. The number of hydrogen-bond acceptors (Lipinski definition) is 4. The predicted octanol–water partition coefficient (Wildman–Crippen LogP) is 3.82. The number of hydrazone groups is 1. The Kier molecular flexibility index (Phi) is 4.46. The summed E-state index contributed by atoms with van der Waals surface area (Å²) < 4.78 is 31.7. The molecule has 0 N–H and O–H groups in total. The van der Waals surface area contributed by atoms with Crippen LogP contribution in [-0.4, -0.2) is 24.3 Å². The zero-order valence-corrected chi connectivity index (χ0v) is 14.2. The summed E-state index contributed by atoms with van der Waals surface area (Å²) >= 11 is 5.91. The summed E-state index contributed by atoms with van der Waals surface area (Å²) in [6.07, 6.45) is 2.55. The predicted molar refractivity (Wildman–Crippen MR) is 90.0 cm³/mol. The average molecular weight is 353 g/mol. The zero-order chi connectivity index (χ0) is 16.4. The largest absolute Gasteiger partial charge is 0.467 e. The third-order valence-corrected chi connectivity index (χ3v) is 5.75. The van der Waals surface area contributed by atoms with Crippen molar-refractivity contribution in [1.29, 1.82) is 0 Å². The summed E-state index contributed by atoms with van der Waals surface area (Å²) in [6, 6.07) is 10.3. The molecule has 2 aromatic rings. The molecule has 0 bridgehead atoms. The standard InChI is InChI=1S/C16H17ClN2O3S/c1-2-10-23(20,21)19-15(16-4-3-9-22-16)11-14(18-19)12-5-7-13(17)8-6-12/h3-9,15H,2,10-11H2,1H3/t15-/m1/s1. The van der Waals surface area contributed by atoms with Crippen LogP contribution in [-0.2, 0) is 10.0 Å². The van der Waals surface area contributed by atoms with E-state index < -0.39 is 16.1 Å². The normalized spacial score (nSPS) is 18.3. The van der Waals surface area contributed by atoms with Crippen LogP contribution in [0.1, 0.15) is 37.1 Å². The van der Waals surface area contributed by atoms with Crippen molar-refractivity contribution in [2.75, 3.05) is 5.75 Å². The molecule has 0 radical (unpaired) electrons. The fourth-order valence-electron chi connectivity index (χ4n) is 2.61. The second-order valence-corrected chi connectivity index (χ2v) is 7.76. The number of halogens is 1.